The molecule has 0 aromatic carbocycles. The van der Waals surface area contributed by atoms with E-state index in [1.54, 1.807) is 0 Å². The summed E-state index contributed by atoms with van der Waals surface area (Å²) < 4.78 is 0. The van der Waals surface area contributed by atoms with E-state index in [9.17, 15) is 4.79 Å². The summed E-state index contributed by atoms with van der Waals surface area (Å²) in [5.74, 6) is -0.0794. The van der Waals surface area contributed by atoms with Crippen LogP contribution in [0.3, 0.4) is 0 Å². The Hall–Kier alpha value is -0.940. The Kier molecular flexibility index (Phi) is 3.73. The number of amides is 1. The summed E-state index contributed by atoms with van der Waals surface area (Å²) in [5.41, 5.74) is 6.83. The second-order valence-electron chi connectivity index (χ2n) is 5.45. The van der Waals surface area contributed by atoms with E-state index >= 15 is 0 Å². The lowest BCUT2D eigenvalue weighted by Gasteiger charge is -2.36. The van der Waals surface area contributed by atoms with Crippen molar-refractivity contribution >= 4 is 22.4 Å². The zero-order valence-corrected chi connectivity index (χ0v) is 12.1. The fourth-order valence-electron chi connectivity index (χ4n) is 2.51. The first-order valence-corrected chi connectivity index (χ1v) is 7.25. The van der Waals surface area contributed by atoms with Crippen LogP contribution >= 0.6 is 11.3 Å². The summed E-state index contributed by atoms with van der Waals surface area (Å²) in [4.78, 5) is 17.8. The Balaban J connectivity index is 2.07. The molecule has 18 heavy (non-hydrogen) atoms. The number of thiazole rings is 1. The number of carbonyl (C=O) groups excluding carboxylic acids is 1. The van der Waals surface area contributed by atoms with Gasteiger partial charge in [0.15, 0.2) is 5.13 Å². The molecule has 0 bridgehead atoms. The highest BCUT2D eigenvalue weighted by Gasteiger charge is 2.38. The Morgan fingerprint density at radius 2 is 2.22 bits per heavy atom. The molecule has 4 nitrogen and oxygen atoms in total. The van der Waals surface area contributed by atoms with Crippen LogP contribution in [0.4, 0.5) is 5.13 Å². The van der Waals surface area contributed by atoms with Crippen LogP contribution in [0.5, 0.6) is 0 Å². The molecule has 100 valence electrons. The van der Waals surface area contributed by atoms with E-state index in [1.807, 2.05) is 20.8 Å². The number of aromatic nitrogens is 1. The van der Waals surface area contributed by atoms with Crippen LogP contribution in [0.1, 0.15) is 43.2 Å². The van der Waals surface area contributed by atoms with Gasteiger partial charge in [0.25, 0.3) is 0 Å². The Morgan fingerprint density at radius 3 is 2.78 bits per heavy atom. The van der Waals surface area contributed by atoms with Crippen molar-refractivity contribution in [3.8, 4) is 0 Å². The summed E-state index contributed by atoms with van der Waals surface area (Å²) in [6.07, 6.45) is 4.00. The molecule has 1 heterocycles. The van der Waals surface area contributed by atoms with Gasteiger partial charge < -0.3 is 11.1 Å². The van der Waals surface area contributed by atoms with Gasteiger partial charge in [-0.3, -0.25) is 4.79 Å². The number of aryl methyl sites for hydroxylation is 2. The highest BCUT2D eigenvalue weighted by molar-refractivity contribution is 7.15. The van der Waals surface area contributed by atoms with Crippen LogP contribution in [0, 0.1) is 19.8 Å². The lowest BCUT2D eigenvalue weighted by Crippen LogP contribution is -2.51. The number of hydrogen-bond donors (Lipinski definition) is 2. The predicted octanol–water partition coefficient (Wildman–Crippen LogP) is 2.61. The van der Waals surface area contributed by atoms with E-state index in [1.165, 1.54) is 11.3 Å². The van der Waals surface area contributed by atoms with E-state index in [0.29, 0.717) is 5.13 Å². The molecule has 1 aromatic heterocycles. The second-order valence-corrected chi connectivity index (χ2v) is 6.66. The Morgan fingerprint density at radius 1 is 1.50 bits per heavy atom. The third kappa shape index (κ3) is 2.72. The molecule has 2 rings (SSSR count). The summed E-state index contributed by atoms with van der Waals surface area (Å²) in [7, 11) is 0. The predicted molar refractivity (Wildman–Crippen MR) is 74.8 cm³/mol. The minimum absolute atomic E-state index is 0.0217. The molecule has 3 N–H and O–H groups in total. The minimum Gasteiger partial charge on any atom is -0.325 e. The third-order valence-electron chi connectivity index (χ3n) is 3.83. The van der Waals surface area contributed by atoms with Gasteiger partial charge >= 0.3 is 0 Å². The van der Waals surface area contributed by atoms with Gasteiger partial charge in [-0.1, -0.05) is 12.8 Å². The lowest BCUT2D eigenvalue weighted by molar-refractivity contribution is -0.122. The SMILES string of the molecule is Cc1nc(NC(=O)C2CCCCC2(C)N)sc1C. The maximum Gasteiger partial charge on any atom is 0.231 e. The molecule has 0 spiro atoms. The molecule has 2 unspecified atom stereocenters. The van der Waals surface area contributed by atoms with Crippen molar-refractivity contribution in [3.63, 3.8) is 0 Å². The standard InChI is InChI=1S/C13H21N3OS/c1-8-9(2)18-12(15-8)16-11(17)10-6-4-5-7-13(10,3)14/h10H,4-7,14H2,1-3H3,(H,15,16,17). The molecule has 1 amide bonds. The molecular formula is C13H21N3OS. The Labute approximate surface area is 112 Å². The van der Waals surface area contributed by atoms with Crippen molar-refractivity contribution in [3.05, 3.63) is 10.6 Å². The van der Waals surface area contributed by atoms with Crippen molar-refractivity contribution in [2.45, 2.75) is 52.0 Å². The van der Waals surface area contributed by atoms with Gasteiger partial charge in [-0.25, -0.2) is 4.98 Å². The largest absolute Gasteiger partial charge is 0.325 e. The van der Waals surface area contributed by atoms with E-state index in [4.69, 9.17) is 5.73 Å². The topological polar surface area (TPSA) is 68.0 Å². The number of nitrogens with zero attached hydrogens (tertiary/aromatic N) is 1. The van der Waals surface area contributed by atoms with E-state index in [-0.39, 0.29) is 17.4 Å². The number of nitrogens with two attached hydrogens (primary N) is 1. The quantitative estimate of drug-likeness (QED) is 0.865. The smallest absolute Gasteiger partial charge is 0.231 e. The first kappa shape index (κ1) is 13.5. The van der Waals surface area contributed by atoms with Gasteiger partial charge in [0.2, 0.25) is 5.91 Å². The van der Waals surface area contributed by atoms with Crippen LogP contribution in [0.2, 0.25) is 0 Å². The van der Waals surface area contributed by atoms with Gasteiger partial charge in [-0.2, -0.15) is 0 Å². The molecule has 1 fully saturated rings. The molecular weight excluding hydrogens is 246 g/mol. The number of nitrogens with one attached hydrogen (secondary N) is 1. The summed E-state index contributed by atoms with van der Waals surface area (Å²) in [5, 5.41) is 3.61. The zero-order chi connectivity index (χ0) is 13.3. The van der Waals surface area contributed by atoms with Crippen molar-refractivity contribution < 1.29 is 4.79 Å². The van der Waals surface area contributed by atoms with Crippen LogP contribution in [-0.2, 0) is 4.79 Å². The first-order chi connectivity index (χ1) is 8.40. The molecule has 1 saturated carbocycles. The van der Waals surface area contributed by atoms with E-state index < -0.39 is 0 Å². The first-order valence-electron chi connectivity index (χ1n) is 6.44. The molecule has 0 saturated heterocycles. The minimum atomic E-state index is -0.385. The average molecular weight is 267 g/mol. The fraction of sp³-hybridized carbons (Fsp3) is 0.692. The molecule has 1 aliphatic carbocycles. The van der Waals surface area contributed by atoms with Crippen LogP contribution in [0.25, 0.3) is 0 Å². The van der Waals surface area contributed by atoms with Gasteiger partial charge in [0.1, 0.15) is 0 Å². The van der Waals surface area contributed by atoms with Crippen molar-refractivity contribution in [1.82, 2.24) is 4.98 Å². The lowest BCUT2D eigenvalue weighted by atomic mass is 9.74. The maximum absolute atomic E-state index is 12.3. The van der Waals surface area contributed by atoms with E-state index in [2.05, 4.69) is 10.3 Å². The summed E-state index contributed by atoms with van der Waals surface area (Å²) in [6.45, 7) is 5.94. The number of rotatable bonds is 2. The normalized spacial score (nSPS) is 28.1. The van der Waals surface area contributed by atoms with Gasteiger partial charge in [-0.15, -0.1) is 11.3 Å². The third-order valence-corrected chi connectivity index (χ3v) is 4.82. The summed E-state index contributed by atoms with van der Waals surface area (Å²) >= 11 is 1.52. The highest BCUT2D eigenvalue weighted by atomic mass is 32.1. The Bertz CT molecular complexity index is 434. The monoisotopic (exact) mass is 267 g/mol. The molecule has 1 aliphatic rings. The molecule has 0 radical (unpaired) electrons. The molecule has 2 atom stereocenters. The van der Waals surface area contributed by atoms with Gasteiger partial charge in [-0.05, 0) is 33.6 Å². The number of carbonyl (C=O) groups is 1. The fourth-order valence-corrected chi connectivity index (χ4v) is 3.33. The maximum atomic E-state index is 12.3. The van der Waals surface area contributed by atoms with Crippen LogP contribution in [-0.4, -0.2) is 16.4 Å². The van der Waals surface area contributed by atoms with Crippen LogP contribution < -0.4 is 11.1 Å². The van der Waals surface area contributed by atoms with Gasteiger partial charge in [0, 0.05) is 10.4 Å². The van der Waals surface area contributed by atoms with E-state index in [0.717, 1.165) is 36.3 Å². The number of hydrogen-bond acceptors (Lipinski definition) is 4. The molecule has 0 aliphatic heterocycles. The molecule has 1 aromatic rings. The molecule has 5 heteroatoms. The van der Waals surface area contributed by atoms with Crippen LogP contribution in [0.15, 0.2) is 0 Å². The van der Waals surface area contributed by atoms with Crippen molar-refractivity contribution in [2.75, 3.05) is 5.32 Å². The highest BCUT2D eigenvalue weighted by Crippen LogP contribution is 2.33. The number of anilines is 1. The van der Waals surface area contributed by atoms with Crippen molar-refractivity contribution in [1.29, 1.82) is 0 Å². The van der Waals surface area contributed by atoms with Gasteiger partial charge in [0.05, 0.1) is 11.6 Å². The zero-order valence-electron chi connectivity index (χ0n) is 11.2. The second kappa shape index (κ2) is 4.97. The average Bonchev–Trinajstić information content (AvgIpc) is 2.57. The summed E-state index contributed by atoms with van der Waals surface area (Å²) in [6, 6.07) is 0. The van der Waals surface area contributed by atoms with Crippen molar-refractivity contribution in [2.24, 2.45) is 11.7 Å².